The molecule has 0 unspecified atom stereocenters. The fourth-order valence-electron chi connectivity index (χ4n) is 1.23. The van der Waals surface area contributed by atoms with Gasteiger partial charge in [0.05, 0.1) is 4.47 Å². The van der Waals surface area contributed by atoms with E-state index in [1.807, 2.05) is 18.2 Å². The van der Waals surface area contributed by atoms with Crippen LogP contribution < -0.4 is 4.74 Å². The highest BCUT2D eigenvalue weighted by Gasteiger charge is 2.07. The van der Waals surface area contributed by atoms with Gasteiger partial charge in [-0.05, 0) is 34.1 Å². The Bertz CT molecular complexity index is 557. The summed E-state index contributed by atoms with van der Waals surface area (Å²) in [6, 6.07) is 11.9. The molecule has 2 aromatic rings. The number of hydrogen-bond acceptors (Lipinski definition) is 3. The first-order chi connectivity index (χ1) is 8.16. The quantitative estimate of drug-likeness (QED) is 0.943. The Kier molecular flexibility index (Phi) is 3.39. The first-order valence-corrected chi connectivity index (χ1v) is 5.59. The normalized spacial score (nSPS) is 9.94. The van der Waals surface area contributed by atoms with E-state index in [1.165, 1.54) is 6.07 Å². The molecule has 17 heavy (non-hydrogen) atoms. The van der Waals surface area contributed by atoms with E-state index in [1.54, 1.807) is 18.2 Å². The van der Waals surface area contributed by atoms with E-state index >= 15 is 0 Å². The van der Waals surface area contributed by atoms with Gasteiger partial charge in [-0.15, -0.1) is 0 Å². The number of aromatic nitrogens is 1. The number of carboxylic acids is 1. The highest BCUT2D eigenvalue weighted by molar-refractivity contribution is 9.10. The predicted octanol–water partition coefficient (Wildman–Crippen LogP) is 3.33. The highest BCUT2D eigenvalue weighted by Crippen LogP contribution is 2.28. The lowest BCUT2D eigenvalue weighted by molar-refractivity contribution is 0.0689. The molecule has 2 rings (SSSR count). The predicted molar refractivity (Wildman–Crippen MR) is 65.4 cm³/mol. The van der Waals surface area contributed by atoms with Crippen LogP contribution in [-0.2, 0) is 0 Å². The van der Waals surface area contributed by atoms with Crippen molar-refractivity contribution in [2.45, 2.75) is 0 Å². The molecule has 0 aliphatic rings. The van der Waals surface area contributed by atoms with Gasteiger partial charge < -0.3 is 9.84 Å². The van der Waals surface area contributed by atoms with Crippen molar-refractivity contribution in [1.29, 1.82) is 0 Å². The third-order valence-electron chi connectivity index (χ3n) is 1.99. The van der Waals surface area contributed by atoms with Crippen molar-refractivity contribution in [2.24, 2.45) is 0 Å². The summed E-state index contributed by atoms with van der Waals surface area (Å²) >= 11 is 3.33. The van der Waals surface area contributed by atoms with Crippen molar-refractivity contribution in [3.63, 3.8) is 0 Å². The van der Waals surface area contributed by atoms with Crippen LogP contribution >= 0.6 is 15.9 Å². The number of hydrogen-bond donors (Lipinski definition) is 1. The van der Waals surface area contributed by atoms with Crippen LogP contribution in [0.1, 0.15) is 10.5 Å². The molecule has 86 valence electrons. The summed E-state index contributed by atoms with van der Waals surface area (Å²) < 4.78 is 6.26. The molecule has 1 aromatic carbocycles. The Labute approximate surface area is 106 Å². The molecule has 4 nitrogen and oxygen atoms in total. The van der Waals surface area contributed by atoms with Crippen molar-refractivity contribution in [2.75, 3.05) is 0 Å². The fourth-order valence-corrected chi connectivity index (χ4v) is 1.60. The molecule has 0 aliphatic carbocycles. The Morgan fingerprint density at radius 2 is 1.94 bits per heavy atom. The SMILES string of the molecule is O=C(O)c1cccc(Oc2ccccc2Br)n1. The van der Waals surface area contributed by atoms with E-state index < -0.39 is 5.97 Å². The van der Waals surface area contributed by atoms with Gasteiger partial charge in [-0.3, -0.25) is 0 Å². The minimum absolute atomic E-state index is 0.0467. The zero-order chi connectivity index (χ0) is 12.3. The number of aromatic carboxylic acids is 1. The molecule has 0 radical (unpaired) electrons. The first-order valence-electron chi connectivity index (χ1n) is 4.79. The molecule has 5 heteroatoms. The van der Waals surface area contributed by atoms with Crippen LogP contribution in [0.15, 0.2) is 46.9 Å². The van der Waals surface area contributed by atoms with Gasteiger partial charge in [-0.2, -0.15) is 0 Å². The second-order valence-corrected chi connectivity index (χ2v) is 4.05. The van der Waals surface area contributed by atoms with Crippen LogP contribution in [0.2, 0.25) is 0 Å². The maximum atomic E-state index is 10.7. The van der Waals surface area contributed by atoms with Crippen LogP contribution in [0.5, 0.6) is 11.6 Å². The molecule has 1 N–H and O–H groups in total. The van der Waals surface area contributed by atoms with E-state index in [-0.39, 0.29) is 11.6 Å². The third-order valence-corrected chi connectivity index (χ3v) is 2.65. The van der Waals surface area contributed by atoms with E-state index in [2.05, 4.69) is 20.9 Å². The molecular weight excluding hydrogens is 286 g/mol. The number of benzene rings is 1. The lowest BCUT2D eigenvalue weighted by Gasteiger charge is -2.06. The zero-order valence-corrected chi connectivity index (χ0v) is 10.2. The Hall–Kier alpha value is -1.88. The first kappa shape index (κ1) is 11.6. The van der Waals surface area contributed by atoms with Gasteiger partial charge in [0, 0.05) is 6.07 Å². The summed E-state index contributed by atoms with van der Waals surface area (Å²) in [5.41, 5.74) is -0.0467. The summed E-state index contributed by atoms with van der Waals surface area (Å²) in [7, 11) is 0. The van der Waals surface area contributed by atoms with Crippen molar-refractivity contribution >= 4 is 21.9 Å². The van der Waals surface area contributed by atoms with Gasteiger partial charge in [0.15, 0.2) is 5.69 Å². The Morgan fingerprint density at radius 3 is 2.65 bits per heavy atom. The second-order valence-electron chi connectivity index (χ2n) is 3.20. The molecule has 1 aromatic heterocycles. The average Bonchev–Trinajstić information content (AvgIpc) is 2.32. The van der Waals surface area contributed by atoms with Gasteiger partial charge in [0.1, 0.15) is 5.75 Å². The van der Waals surface area contributed by atoms with Gasteiger partial charge in [-0.1, -0.05) is 18.2 Å². The molecular formula is C12H8BrNO3. The average molecular weight is 294 g/mol. The van der Waals surface area contributed by atoms with E-state index in [9.17, 15) is 4.79 Å². The number of para-hydroxylation sites is 1. The van der Waals surface area contributed by atoms with Crippen LogP contribution in [0.25, 0.3) is 0 Å². The number of ether oxygens (including phenoxy) is 1. The Balaban J connectivity index is 2.28. The highest BCUT2D eigenvalue weighted by atomic mass is 79.9. The summed E-state index contributed by atoms with van der Waals surface area (Å²) in [6.07, 6.45) is 0. The van der Waals surface area contributed by atoms with Gasteiger partial charge in [0.2, 0.25) is 5.88 Å². The second kappa shape index (κ2) is 4.97. The largest absolute Gasteiger partial charge is 0.477 e. The van der Waals surface area contributed by atoms with E-state index in [0.29, 0.717) is 5.75 Å². The van der Waals surface area contributed by atoms with Crippen LogP contribution in [0, 0.1) is 0 Å². The van der Waals surface area contributed by atoms with E-state index in [0.717, 1.165) is 4.47 Å². The molecule has 1 heterocycles. The smallest absolute Gasteiger partial charge is 0.354 e. The minimum atomic E-state index is -1.08. The minimum Gasteiger partial charge on any atom is -0.477 e. The maximum Gasteiger partial charge on any atom is 0.354 e. The number of pyridine rings is 1. The summed E-state index contributed by atoms with van der Waals surface area (Å²) in [6.45, 7) is 0. The molecule has 0 saturated carbocycles. The molecule has 0 atom stereocenters. The molecule has 0 bridgehead atoms. The Morgan fingerprint density at radius 1 is 1.18 bits per heavy atom. The number of rotatable bonds is 3. The number of carbonyl (C=O) groups is 1. The fraction of sp³-hybridized carbons (Fsp3) is 0. The van der Waals surface area contributed by atoms with Crippen molar-refractivity contribution in [1.82, 2.24) is 4.98 Å². The summed E-state index contributed by atoms with van der Waals surface area (Å²) in [5.74, 6) is -0.248. The van der Waals surface area contributed by atoms with Crippen LogP contribution in [-0.4, -0.2) is 16.1 Å². The monoisotopic (exact) mass is 293 g/mol. The van der Waals surface area contributed by atoms with E-state index in [4.69, 9.17) is 9.84 Å². The van der Waals surface area contributed by atoms with Crippen LogP contribution in [0.3, 0.4) is 0 Å². The van der Waals surface area contributed by atoms with Crippen molar-refractivity contribution < 1.29 is 14.6 Å². The molecule has 0 spiro atoms. The molecule has 0 aliphatic heterocycles. The lowest BCUT2D eigenvalue weighted by atomic mass is 10.3. The number of nitrogens with zero attached hydrogens (tertiary/aromatic N) is 1. The van der Waals surface area contributed by atoms with Crippen molar-refractivity contribution in [3.05, 3.63) is 52.6 Å². The maximum absolute atomic E-state index is 10.7. The molecule has 0 fully saturated rings. The van der Waals surface area contributed by atoms with Crippen molar-refractivity contribution in [3.8, 4) is 11.6 Å². The number of halogens is 1. The standard InChI is InChI=1S/C12H8BrNO3/c13-8-4-1-2-6-10(8)17-11-7-3-5-9(14-11)12(15)16/h1-7H,(H,15,16). The molecule has 0 saturated heterocycles. The third kappa shape index (κ3) is 2.82. The van der Waals surface area contributed by atoms with Crippen LogP contribution in [0.4, 0.5) is 0 Å². The summed E-state index contributed by atoms with van der Waals surface area (Å²) in [5, 5.41) is 8.80. The topological polar surface area (TPSA) is 59.4 Å². The van der Waals surface area contributed by atoms with Gasteiger partial charge >= 0.3 is 5.97 Å². The lowest BCUT2D eigenvalue weighted by Crippen LogP contribution is -2.00. The van der Waals surface area contributed by atoms with Gasteiger partial charge in [-0.25, -0.2) is 9.78 Å². The number of carboxylic acid groups (broad SMARTS) is 1. The van der Waals surface area contributed by atoms with Gasteiger partial charge in [0.25, 0.3) is 0 Å². The summed E-state index contributed by atoms with van der Waals surface area (Å²) in [4.78, 5) is 14.6. The zero-order valence-electron chi connectivity index (χ0n) is 8.63. The molecule has 0 amide bonds.